The maximum absolute atomic E-state index is 13.4. The van der Waals surface area contributed by atoms with Crippen molar-refractivity contribution < 1.29 is 14.3 Å². The standard InChI is InChI=1S/C26H33NO3/c1-6-11-30-21-10-8-7-9-16(21)22-23-17(12-25(2,3)14-19(23)28)27-18-13-26(4,5)15-20(29)24(18)22/h7-10,22,27H,6,11-15H2,1-5H3. The summed E-state index contributed by atoms with van der Waals surface area (Å²) in [5.41, 5.74) is 4.30. The summed E-state index contributed by atoms with van der Waals surface area (Å²) < 4.78 is 6.06. The zero-order valence-corrected chi connectivity index (χ0v) is 18.9. The first-order valence-electron chi connectivity index (χ1n) is 11.1. The number of dihydropyridines is 1. The number of para-hydroxylation sites is 1. The number of benzene rings is 1. The van der Waals surface area contributed by atoms with Crippen molar-refractivity contribution in [1.82, 2.24) is 5.32 Å². The third-order valence-electron chi connectivity index (χ3n) is 6.41. The fraction of sp³-hybridized carbons (Fsp3) is 0.538. The summed E-state index contributed by atoms with van der Waals surface area (Å²) in [4.78, 5) is 26.8. The highest BCUT2D eigenvalue weighted by Gasteiger charge is 2.46. The molecule has 1 N–H and O–H groups in total. The number of carbonyl (C=O) groups is 2. The van der Waals surface area contributed by atoms with Crippen molar-refractivity contribution in [1.29, 1.82) is 0 Å². The van der Waals surface area contributed by atoms with Crippen molar-refractivity contribution in [3.8, 4) is 5.75 Å². The van der Waals surface area contributed by atoms with Crippen LogP contribution in [0.5, 0.6) is 5.75 Å². The van der Waals surface area contributed by atoms with Crippen molar-refractivity contribution in [3.63, 3.8) is 0 Å². The second-order valence-electron chi connectivity index (χ2n) is 10.6. The van der Waals surface area contributed by atoms with Gasteiger partial charge < -0.3 is 10.1 Å². The lowest BCUT2D eigenvalue weighted by Crippen LogP contribution is -2.42. The summed E-state index contributed by atoms with van der Waals surface area (Å²) in [7, 11) is 0. The van der Waals surface area contributed by atoms with Gasteiger partial charge in [0, 0.05) is 46.9 Å². The van der Waals surface area contributed by atoms with Gasteiger partial charge in [-0.25, -0.2) is 0 Å². The predicted molar refractivity (Wildman–Crippen MR) is 118 cm³/mol. The first kappa shape index (κ1) is 20.9. The van der Waals surface area contributed by atoms with Crippen LogP contribution in [0.4, 0.5) is 0 Å². The van der Waals surface area contributed by atoms with E-state index in [1.165, 1.54) is 0 Å². The van der Waals surface area contributed by atoms with E-state index in [9.17, 15) is 9.59 Å². The van der Waals surface area contributed by atoms with Gasteiger partial charge in [-0.15, -0.1) is 0 Å². The van der Waals surface area contributed by atoms with Crippen LogP contribution in [0, 0.1) is 10.8 Å². The molecule has 4 heteroatoms. The van der Waals surface area contributed by atoms with Crippen molar-refractivity contribution in [3.05, 3.63) is 52.4 Å². The van der Waals surface area contributed by atoms with Crippen molar-refractivity contribution in [2.75, 3.05) is 6.61 Å². The highest BCUT2D eigenvalue weighted by molar-refractivity contribution is 6.07. The molecular weight excluding hydrogens is 374 g/mol. The lowest BCUT2D eigenvalue weighted by Gasteiger charge is -2.44. The van der Waals surface area contributed by atoms with Gasteiger partial charge in [0.15, 0.2) is 11.6 Å². The van der Waals surface area contributed by atoms with E-state index in [-0.39, 0.29) is 28.3 Å². The van der Waals surface area contributed by atoms with Crippen LogP contribution < -0.4 is 10.1 Å². The number of hydrogen-bond acceptors (Lipinski definition) is 4. The molecular formula is C26H33NO3. The number of hydrogen-bond donors (Lipinski definition) is 1. The molecule has 1 aromatic rings. The second kappa shape index (κ2) is 7.40. The van der Waals surface area contributed by atoms with E-state index in [1.54, 1.807) is 0 Å². The first-order chi connectivity index (χ1) is 14.1. The highest BCUT2D eigenvalue weighted by Crippen LogP contribution is 2.52. The molecule has 1 heterocycles. The Hall–Kier alpha value is -2.36. The van der Waals surface area contributed by atoms with Crippen molar-refractivity contribution >= 4 is 11.6 Å². The zero-order valence-electron chi connectivity index (χ0n) is 18.9. The molecule has 0 unspecified atom stereocenters. The van der Waals surface area contributed by atoms with Crippen LogP contribution in [-0.4, -0.2) is 18.2 Å². The Balaban J connectivity index is 1.91. The van der Waals surface area contributed by atoms with Crippen LogP contribution in [0.15, 0.2) is 46.8 Å². The fourth-order valence-electron chi connectivity index (χ4n) is 5.26. The topological polar surface area (TPSA) is 55.4 Å². The Morgan fingerprint density at radius 2 is 1.43 bits per heavy atom. The molecule has 1 aliphatic heterocycles. The van der Waals surface area contributed by atoms with E-state index in [0.717, 1.165) is 53.1 Å². The van der Waals surface area contributed by atoms with Gasteiger partial charge in [0.1, 0.15) is 5.75 Å². The number of ketones is 2. The molecule has 0 saturated heterocycles. The third kappa shape index (κ3) is 3.73. The third-order valence-corrected chi connectivity index (χ3v) is 6.41. The largest absolute Gasteiger partial charge is 0.493 e. The number of rotatable bonds is 4. The van der Waals surface area contributed by atoms with Gasteiger partial charge in [0.05, 0.1) is 6.61 Å². The van der Waals surface area contributed by atoms with Gasteiger partial charge >= 0.3 is 0 Å². The van der Waals surface area contributed by atoms with Crippen LogP contribution in [-0.2, 0) is 9.59 Å². The summed E-state index contributed by atoms with van der Waals surface area (Å²) in [6.45, 7) is 11.3. The van der Waals surface area contributed by atoms with E-state index in [2.05, 4.69) is 39.9 Å². The van der Waals surface area contributed by atoms with Crippen LogP contribution in [0.1, 0.15) is 78.2 Å². The molecule has 3 aliphatic rings. The van der Waals surface area contributed by atoms with E-state index in [4.69, 9.17) is 4.74 Å². The first-order valence-corrected chi connectivity index (χ1v) is 11.1. The molecule has 0 spiro atoms. The van der Waals surface area contributed by atoms with Crippen molar-refractivity contribution in [2.24, 2.45) is 10.8 Å². The molecule has 0 aromatic heterocycles. The lowest BCUT2D eigenvalue weighted by molar-refractivity contribution is -0.119. The maximum atomic E-state index is 13.4. The van der Waals surface area contributed by atoms with Crippen LogP contribution in [0.3, 0.4) is 0 Å². The number of allylic oxidation sites excluding steroid dienone is 4. The molecule has 0 amide bonds. The molecule has 30 heavy (non-hydrogen) atoms. The summed E-state index contributed by atoms with van der Waals surface area (Å²) in [6.07, 6.45) is 3.54. The maximum Gasteiger partial charge on any atom is 0.162 e. The van der Waals surface area contributed by atoms with Gasteiger partial charge in [0.25, 0.3) is 0 Å². The molecule has 160 valence electrons. The fourth-order valence-corrected chi connectivity index (χ4v) is 5.26. The van der Waals surface area contributed by atoms with E-state index in [1.807, 2.05) is 24.3 Å². The highest BCUT2D eigenvalue weighted by atomic mass is 16.5. The normalized spacial score (nSPS) is 23.1. The van der Waals surface area contributed by atoms with Crippen molar-refractivity contribution in [2.45, 2.75) is 72.6 Å². The second-order valence-corrected chi connectivity index (χ2v) is 10.6. The van der Waals surface area contributed by atoms with Crippen LogP contribution in [0.25, 0.3) is 0 Å². The lowest BCUT2D eigenvalue weighted by atomic mass is 9.64. The van der Waals surface area contributed by atoms with E-state index >= 15 is 0 Å². The minimum Gasteiger partial charge on any atom is -0.493 e. The molecule has 0 fully saturated rings. The van der Waals surface area contributed by atoms with Gasteiger partial charge in [0.2, 0.25) is 0 Å². The molecule has 0 radical (unpaired) electrons. The molecule has 0 bridgehead atoms. The van der Waals surface area contributed by atoms with Gasteiger partial charge in [-0.2, -0.15) is 0 Å². The Kier molecular flexibility index (Phi) is 5.16. The Labute approximate surface area is 179 Å². The monoisotopic (exact) mass is 407 g/mol. The summed E-state index contributed by atoms with van der Waals surface area (Å²) in [5, 5.41) is 3.57. The van der Waals surface area contributed by atoms with Gasteiger partial charge in [-0.1, -0.05) is 52.8 Å². The average molecular weight is 408 g/mol. The number of carbonyl (C=O) groups excluding carboxylic acids is 2. The molecule has 4 rings (SSSR count). The Morgan fingerprint density at radius 3 is 1.97 bits per heavy atom. The minimum absolute atomic E-state index is 0.0854. The van der Waals surface area contributed by atoms with Gasteiger partial charge in [-0.05, 0) is 36.2 Å². The molecule has 2 aliphatic carbocycles. The van der Waals surface area contributed by atoms with Crippen LogP contribution in [0.2, 0.25) is 0 Å². The molecule has 1 aromatic carbocycles. The molecule has 0 atom stereocenters. The molecule has 4 nitrogen and oxygen atoms in total. The average Bonchev–Trinajstić information content (AvgIpc) is 2.63. The number of nitrogens with one attached hydrogen (secondary N) is 1. The predicted octanol–water partition coefficient (Wildman–Crippen LogP) is 5.45. The van der Waals surface area contributed by atoms with Gasteiger partial charge in [-0.3, -0.25) is 9.59 Å². The smallest absolute Gasteiger partial charge is 0.162 e. The Bertz CT molecular complexity index is 912. The molecule has 0 saturated carbocycles. The zero-order chi connectivity index (χ0) is 21.7. The van der Waals surface area contributed by atoms with E-state index < -0.39 is 0 Å². The quantitative estimate of drug-likeness (QED) is 0.721. The van der Waals surface area contributed by atoms with Crippen LogP contribution >= 0.6 is 0 Å². The van der Waals surface area contributed by atoms with E-state index in [0.29, 0.717) is 19.4 Å². The number of ether oxygens (including phenoxy) is 1. The summed E-state index contributed by atoms with van der Waals surface area (Å²) >= 11 is 0. The SMILES string of the molecule is CCCOc1ccccc1C1C2=C(CC(C)(C)CC2=O)NC2=C1C(=O)CC(C)(C)C2. The minimum atomic E-state index is -0.337. The Morgan fingerprint density at radius 1 is 0.900 bits per heavy atom. The summed E-state index contributed by atoms with van der Waals surface area (Å²) in [5.74, 6) is 0.734. The number of Topliss-reactive ketones (excluding diaryl/α,β-unsaturated/α-hetero) is 2. The summed E-state index contributed by atoms with van der Waals surface area (Å²) in [6, 6.07) is 7.92.